The number of nitrogens with zero attached hydrogens (tertiary/aromatic N) is 1. The van der Waals surface area contributed by atoms with Crippen LogP contribution in [0.5, 0.6) is 0 Å². The van der Waals surface area contributed by atoms with Gasteiger partial charge in [-0.05, 0) is 49.8 Å². The Hall–Kier alpha value is -1.60. The number of guanidine groups is 1. The molecule has 146 valence electrons. The molecule has 1 fully saturated rings. The van der Waals surface area contributed by atoms with Gasteiger partial charge in [0, 0.05) is 12.1 Å². The molecule has 1 unspecified atom stereocenters. The molecular weight excluding hydrogens is 348 g/mol. The van der Waals surface area contributed by atoms with Gasteiger partial charge in [-0.25, -0.2) is 18.1 Å². The van der Waals surface area contributed by atoms with Crippen molar-refractivity contribution in [3.05, 3.63) is 29.8 Å². The lowest BCUT2D eigenvalue weighted by molar-refractivity contribution is 0.493. The Morgan fingerprint density at radius 2 is 1.85 bits per heavy atom. The smallest absolute Gasteiger partial charge is 0.240 e. The van der Waals surface area contributed by atoms with Gasteiger partial charge in [-0.2, -0.15) is 0 Å². The van der Waals surface area contributed by atoms with Crippen molar-refractivity contribution in [3.63, 3.8) is 0 Å². The normalized spacial score (nSPS) is 16.7. The number of benzene rings is 1. The minimum atomic E-state index is -3.40. The molecule has 4 N–H and O–H groups in total. The minimum Gasteiger partial charge on any atom is -0.370 e. The van der Waals surface area contributed by atoms with E-state index in [0.29, 0.717) is 23.4 Å². The van der Waals surface area contributed by atoms with Crippen LogP contribution in [0, 0.1) is 5.92 Å². The molecule has 1 saturated carbocycles. The Labute approximate surface area is 157 Å². The van der Waals surface area contributed by atoms with Crippen molar-refractivity contribution in [1.29, 1.82) is 0 Å². The molecule has 1 aliphatic rings. The van der Waals surface area contributed by atoms with Crippen molar-refractivity contribution in [3.8, 4) is 0 Å². The molecule has 0 amide bonds. The zero-order valence-electron chi connectivity index (χ0n) is 16.0. The molecule has 0 aliphatic heterocycles. The first kappa shape index (κ1) is 20.7. The van der Waals surface area contributed by atoms with E-state index in [2.05, 4.69) is 35.8 Å². The van der Waals surface area contributed by atoms with E-state index in [4.69, 9.17) is 5.73 Å². The predicted molar refractivity (Wildman–Crippen MR) is 106 cm³/mol. The van der Waals surface area contributed by atoms with Crippen LogP contribution in [0.3, 0.4) is 0 Å². The van der Waals surface area contributed by atoms with Crippen molar-refractivity contribution in [2.45, 2.75) is 76.4 Å². The van der Waals surface area contributed by atoms with E-state index in [-0.39, 0.29) is 6.04 Å². The molecule has 1 aromatic carbocycles. The average Bonchev–Trinajstić information content (AvgIpc) is 3.36. The summed E-state index contributed by atoms with van der Waals surface area (Å²) in [5.74, 6) is 1.15. The summed E-state index contributed by atoms with van der Waals surface area (Å²) in [7, 11) is -3.40. The van der Waals surface area contributed by atoms with Gasteiger partial charge in [0.25, 0.3) is 0 Å². The van der Waals surface area contributed by atoms with Crippen LogP contribution in [0.4, 0.5) is 0 Å². The third-order valence-electron chi connectivity index (χ3n) is 4.38. The lowest BCUT2D eigenvalue weighted by atomic mass is 10.0. The van der Waals surface area contributed by atoms with E-state index in [1.807, 2.05) is 0 Å². The Bertz CT molecular complexity index is 695. The number of hydrogen-bond acceptors (Lipinski definition) is 3. The fourth-order valence-electron chi connectivity index (χ4n) is 2.64. The molecule has 1 aliphatic carbocycles. The highest BCUT2D eigenvalue weighted by atomic mass is 32.2. The fraction of sp³-hybridized carbons (Fsp3) is 0.632. The van der Waals surface area contributed by atoms with Crippen molar-refractivity contribution >= 4 is 16.0 Å². The molecule has 1 aromatic rings. The molecule has 0 bridgehead atoms. The summed E-state index contributed by atoms with van der Waals surface area (Å²) in [6.07, 6.45) is 5.30. The Morgan fingerprint density at radius 3 is 2.42 bits per heavy atom. The first-order valence-electron chi connectivity index (χ1n) is 9.44. The zero-order valence-corrected chi connectivity index (χ0v) is 16.8. The van der Waals surface area contributed by atoms with Gasteiger partial charge < -0.3 is 11.1 Å². The van der Waals surface area contributed by atoms with Gasteiger partial charge in [-0.1, -0.05) is 38.8 Å². The molecule has 1 atom stereocenters. The number of aliphatic imine (C=N–C) groups is 1. The Balaban J connectivity index is 1.81. The average molecular weight is 381 g/mol. The summed E-state index contributed by atoms with van der Waals surface area (Å²) in [6.45, 7) is 6.99. The lowest BCUT2D eigenvalue weighted by Gasteiger charge is -2.15. The van der Waals surface area contributed by atoms with Crippen LogP contribution in [0.25, 0.3) is 0 Å². The molecule has 0 aromatic heterocycles. The van der Waals surface area contributed by atoms with E-state index in [1.54, 1.807) is 24.3 Å². The molecule has 2 rings (SSSR count). The van der Waals surface area contributed by atoms with Crippen molar-refractivity contribution in [2.24, 2.45) is 16.6 Å². The van der Waals surface area contributed by atoms with E-state index in [1.165, 1.54) is 12.8 Å². The van der Waals surface area contributed by atoms with E-state index in [9.17, 15) is 8.42 Å². The number of rotatable bonds is 10. The van der Waals surface area contributed by atoms with Gasteiger partial charge in [0.2, 0.25) is 10.0 Å². The summed E-state index contributed by atoms with van der Waals surface area (Å²) >= 11 is 0. The molecular formula is C19H32N4O2S. The molecule has 26 heavy (non-hydrogen) atoms. The second-order valence-corrected chi connectivity index (χ2v) is 9.33. The van der Waals surface area contributed by atoms with Crippen molar-refractivity contribution in [2.75, 3.05) is 0 Å². The van der Waals surface area contributed by atoms with Gasteiger partial charge in [-0.15, -0.1) is 0 Å². The maximum absolute atomic E-state index is 12.1. The molecule has 0 spiro atoms. The van der Waals surface area contributed by atoms with Crippen LogP contribution < -0.4 is 15.8 Å². The topological polar surface area (TPSA) is 96.6 Å². The van der Waals surface area contributed by atoms with Crippen LogP contribution >= 0.6 is 0 Å². The van der Waals surface area contributed by atoms with E-state index in [0.717, 1.165) is 30.7 Å². The first-order chi connectivity index (χ1) is 12.3. The molecule has 0 heterocycles. The quantitative estimate of drug-likeness (QED) is 0.429. The summed E-state index contributed by atoms with van der Waals surface area (Å²) < 4.78 is 27.0. The SMILES string of the molecule is CC(C)CCCC(C)NC(N)=NCc1ccc(S(=O)(=O)NC2CC2)cc1. The zero-order chi connectivity index (χ0) is 19.2. The van der Waals surface area contributed by atoms with Gasteiger partial charge in [0.1, 0.15) is 0 Å². The fourth-order valence-corrected chi connectivity index (χ4v) is 3.95. The minimum absolute atomic E-state index is 0.109. The lowest BCUT2D eigenvalue weighted by Crippen LogP contribution is -2.38. The summed E-state index contributed by atoms with van der Waals surface area (Å²) in [6, 6.07) is 7.20. The highest BCUT2D eigenvalue weighted by Crippen LogP contribution is 2.22. The highest BCUT2D eigenvalue weighted by Gasteiger charge is 2.27. The van der Waals surface area contributed by atoms with Crippen LogP contribution in [0.1, 0.15) is 58.4 Å². The Morgan fingerprint density at radius 1 is 1.19 bits per heavy atom. The van der Waals surface area contributed by atoms with Crippen LogP contribution in [-0.4, -0.2) is 26.5 Å². The standard InChI is InChI=1S/C19H32N4O2S/c1-14(2)5-4-6-15(3)22-19(20)21-13-16-7-11-18(12-8-16)26(24,25)23-17-9-10-17/h7-8,11-12,14-15,17,23H,4-6,9-10,13H2,1-3H3,(H3,20,21,22). The monoisotopic (exact) mass is 380 g/mol. The largest absolute Gasteiger partial charge is 0.370 e. The first-order valence-corrected chi connectivity index (χ1v) is 10.9. The third-order valence-corrected chi connectivity index (χ3v) is 5.91. The van der Waals surface area contributed by atoms with Gasteiger partial charge >= 0.3 is 0 Å². The maximum Gasteiger partial charge on any atom is 0.240 e. The van der Waals surface area contributed by atoms with E-state index >= 15 is 0 Å². The van der Waals surface area contributed by atoms with Gasteiger partial charge in [0.05, 0.1) is 11.4 Å². The summed E-state index contributed by atoms with van der Waals surface area (Å²) in [5, 5.41) is 3.21. The molecule has 7 heteroatoms. The third kappa shape index (κ3) is 7.33. The van der Waals surface area contributed by atoms with Gasteiger partial charge in [-0.3, -0.25) is 0 Å². The molecule has 6 nitrogen and oxygen atoms in total. The number of nitrogens with one attached hydrogen (secondary N) is 2. The Kier molecular flexibility index (Phi) is 7.46. The molecule has 0 saturated heterocycles. The van der Waals surface area contributed by atoms with Crippen LogP contribution in [0.15, 0.2) is 34.2 Å². The van der Waals surface area contributed by atoms with Crippen molar-refractivity contribution in [1.82, 2.24) is 10.0 Å². The summed E-state index contributed by atoms with van der Waals surface area (Å²) in [4.78, 5) is 4.64. The maximum atomic E-state index is 12.1. The highest BCUT2D eigenvalue weighted by molar-refractivity contribution is 7.89. The number of sulfonamides is 1. The number of nitrogens with two attached hydrogens (primary N) is 1. The van der Waals surface area contributed by atoms with Crippen molar-refractivity contribution < 1.29 is 8.42 Å². The second kappa shape index (κ2) is 9.37. The predicted octanol–water partition coefficient (Wildman–Crippen LogP) is 2.75. The number of hydrogen-bond donors (Lipinski definition) is 3. The van der Waals surface area contributed by atoms with Crippen LogP contribution in [-0.2, 0) is 16.6 Å². The second-order valence-electron chi connectivity index (χ2n) is 7.61. The van der Waals surface area contributed by atoms with Crippen LogP contribution in [0.2, 0.25) is 0 Å². The van der Waals surface area contributed by atoms with Gasteiger partial charge in [0.15, 0.2) is 5.96 Å². The molecule has 0 radical (unpaired) electrons. The summed E-state index contributed by atoms with van der Waals surface area (Å²) in [5.41, 5.74) is 6.87. The van der Waals surface area contributed by atoms with E-state index < -0.39 is 10.0 Å².